The first kappa shape index (κ1) is 25.9. The zero-order valence-corrected chi connectivity index (χ0v) is 22.1. The second-order valence-corrected chi connectivity index (χ2v) is 10.3. The number of methoxy groups -OCH3 is 1. The fourth-order valence-corrected chi connectivity index (χ4v) is 5.30. The van der Waals surface area contributed by atoms with Crippen LogP contribution in [0.25, 0.3) is 10.8 Å². The summed E-state index contributed by atoms with van der Waals surface area (Å²) in [5, 5.41) is 4.28. The summed E-state index contributed by atoms with van der Waals surface area (Å²) < 4.78 is 5.58. The van der Waals surface area contributed by atoms with Gasteiger partial charge in [-0.25, -0.2) is 0 Å². The Morgan fingerprint density at radius 2 is 1.64 bits per heavy atom. The number of imide groups is 1. The first-order chi connectivity index (χ1) is 17.4. The average molecular weight is 569 g/mol. The van der Waals surface area contributed by atoms with Crippen LogP contribution in [0.4, 0.5) is 0 Å². The standard InChI is InChI=1S/C27H25BrN2O5S/c1-35-24(32)8-3-2-7-23(31)29-15-16-30-26(33)20-6-4-5-19-22(14-13-21(25(19)20)27(30)34)36-18-11-9-17(28)10-12-18/h4-6,9-14H,2-3,7-8,15-16H2,1H3,(H,29,31). The van der Waals surface area contributed by atoms with E-state index in [0.717, 1.165) is 19.6 Å². The summed E-state index contributed by atoms with van der Waals surface area (Å²) in [7, 11) is 1.33. The van der Waals surface area contributed by atoms with Crippen LogP contribution in [0.2, 0.25) is 0 Å². The van der Waals surface area contributed by atoms with Crippen LogP contribution in [0.3, 0.4) is 0 Å². The van der Waals surface area contributed by atoms with E-state index in [1.54, 1.807) is 23.9 Å². The van der Waals surface area contributed by atoms with Crippen molar-refractivity contribution >= 4 is 62.2 Å². The van der Waals surface area contributed by atoms with E-state index in [1.165, 1.54) is 12.0 Å². The molecule has 0 fully saturated rings. The van der Waals surface area contributed by atoms with E-state index in [1.807, 2.05) is 42.5 Å². The molecule has 0 radical (unpaired) electrons. The molecule has 186 valence electrons. The Hall–Kier alpha value is -3.17. The maximum Gasteiger partial charge on any atom is 0.305 e. The lowest BCUT2D eigenvalue weighted by Gasteiger charge is -2.27. The van der Waals surface area contributed by atoms with E-state index in [9.17, 15) is 19.2 Å². The van der Waals surface area contributed by atoms with Crippen LogP contribution in [-0.4, -0.2) is 48.8 Å². The van der Waals surface area contributed by atoms with Crippen LogP contribution >= 0.6 is 27.7 Å². The Kier molecular flexibility index (Phi) is 8.43. The van der Waals surface area contributed by atoms with Crippen LogP contribution in [0, 0.1) is 0 Å². The SMILES string of the molecule is COC(=O)CCCCC(=O)NCCN1C(=O)c2cccc3c(Sc4ccc(Br)cc4)ccc(c23)C1=O. The molecule has 0 bridgehead atoms. The molecule has 0 saturated heterocycles. The van der Waals surface area contributed by atoms with Crippen molar-refractivity contribution < 1.29 is 23.9 Å². The van der Waals surface area contributed by atoms with Gasteiger partial charge in [-0.15, -0.1) is 0 Å². The van der Waals surface area contributed by atoms with Gasteiger partial charge >= 0.3 is 5.97 Å². The predicted octanol–water partition coefficient (Wildman–Crippen LogP) is 5.20. The fourth-order valence-electron chi connectivity index (χ4n) is 4.09. The number of ether oxygens (including phenoxy) is 1. The third-order valence-corrected chi connectivity index (χ3v) is 7.53. The van der Waals surface area contributed by atoms with Crippen molar-refractivity contribution in [2.24, 2.45) is 0 Å². The fraction of sp³-hybridized carbons (Fsp3) is 0.259. The molecule has 1 heterocycles. The van der Waals surface area contributed by atoms with Gasteiger partial charge in [-0.3, -0.25) is 24.1 Å². The second-order valence-electron chi connectivity index (χ2n) is 8.29. The van der Waals surface area contributed by atoms with Gasteiger partial charge in [-0.05, 0) is 60.7 Å². The highest BCUT2D eigenvalue weighted by molar-refractivity contribution is 9.10. The normalized spacial score (nSPS) is 12.7. The highest BCUT2D eigenvalue weighted by Gasteiger charge is 2.33. The zero-order chi connectivity index (χ0) is 25.7. The molecular formula is C27H25BrN2O5S. The van der Waals surface area contributed by atoms with Gasteiger partial charge in [0.15, 0.2) is 0 Å². The molecule has 0 unspecified atom stereocenters. The molecule has 9 heteroatoms. The lowest BCUT2D eigenvalue weighted by molar-refractivity contribution is -0.140. The van der Waals surface area contributed by atoms with Crippen molar-refractivity contribution in [1.29, 1.82) is 0 Å². The maximum atomic E-state index is 13.2. The number of halogens is 1. The first-order valence-corrected chi connectivity index (χ1v) is 13.2. The van der Waals surface area contributed by atoms with Gasteiger partial charge in [0, 0.05) is 56.7 Å². The van der Waals surface area contributed by atoms with E-state index in [0.29, 0.717) is 29.4 Å². The smallest absolute Gasteiger partial charge is 0.305 e. The van der Waals surface area contributed by atoms with Crippen LogP contribution in [-0.2, 0) is 14.3 Å². The minimum atomic E-state index is -0.365. The Morgan fingerprint density at radius 1 is 0.944 bits per heavy atom. The second kappa shape index (κ2) is 11.7. The number of benzene rings is 3. The zero-order valence-electron chi connectivity index (χ0n) is 19.7. The molecule has 3 aromatic carbocycles. The molecule has 1 N–H and O–H groups in total. The van der Waals surface area contributed by atoms with Gasteiger partial charge in [-0.1, -0.05) is 39.8 Å². The van der Waals surface area contributed by atoms with Crippen LogP contribution in [0.5, 0.6) is 0 Å². The summed E-state index contributed by atoms with van der Waals surface area (Å²) in [4.78, 5) is 52.9. The van der Waals surface area contributed by atoms with Crippen molar-refractivity contribution in [2.45, 2.75) is 35.5 Å². The van der Waals surface area contributed by atoms with Crippen LogP contribution in [0.1, 0.15) is 46.4 Å². The van der Waals surface area contributed by atoms with E-state index in [2.05, 4.69) is 26.0 Å². The maximum absolute atomic E-state index is 13.2. The number of nitrogens with zero attached hydrogens (tertiary/aromatic N) is 1. The molecule has 36 heavy (non-hydrogen) atoms. The van der Waals surface area contributed by atoms with E-state index < -0.39 is 0 Å². The number of carbonyl (C=O) groups is 4. The van der Waals surface area contributed by atoms with Crippen molar-refractivity contribution in [3.63, 3.8) is 0 Å². The van der Waals surface area contributed by atoms with E-state index >= 15 is 0 Å². The van der Waals surface area contributed by atoms with Gasteiger partial charge in [0.25, 0.3) is 11.8 Å². The van der Waals surface area contributed by atoms with Crippen molar-refractivity contribution in [3.05, 3.63) is 70.2 Å². The molecule has 0 saturated carbocycles. The monoisotopic (exact) mass is 568 g/mol. The van der Waals surface area contributed by atoms with Crippen LogP contribution < -0.4 is 5.32 Å². The molecule has 0 atom stereocenters. The molecule has 1 aliphatic heterocycles. The number of amides is 3. The molecule has 3 amide bonds. The summed E-state index contributed by atoms with van der Waals surface area (Å²) in [6, 6.07) is 17.1. The molecule has 0 spiro atoms. The third kappa shape index (κ3) is 5.79. The van der Waals surface area contributed by atoms with E-state index in [4.69, 9.17) is 0 Å². The third-order valence-electron chi connectivity index (χ3n) is 5.91. The lowest BCUT2D eigenvalue weighted by atomic mass is 9.94. The van der Waals surface area contributed by atoms with Gasteiger partial charge in [0.2, 0.25) is 5.91 Å². The number of unbranched alkanes of at least 4 members (excludes halogenated alkanes) is 1. The molecule has 7 nitrogen and oxygen atoms in total. The predicted molar refractivity (Wildman–Crippen MR) is 141 cm³/mol. The number of esters is 1. The van der Waals surface area contributed by atoms with Gasteiger partial charge in [-0.2, -0.15) is 0 Å². The summed E-state index contributed by atoms with van der Waals surface area (Å²) in [5.41, 5.74) is 0.962. The van der Waals surface area contributed by atoms with E-state index in [-0.39, 0.29) is 49.6 Å². The number of rotatable bonds is 10. The number of carbonyl (C=O) groups excluding carboxylic acids is 4. The van der Waals surface area contributed by atoms with Crippen LogP contribution in [0.15, 0.2) is 68.9 Å². The molecule has 0 aromatic heterocycles. The topological polar surface area (TPSA) is 92.8 Å². The Bertz CT molecular complexity index is 1300. The minimum Gasteiger partial charge on any atom is -0.469 e. The Labute approximate surface area is 221 Å². The quantitative estimate of drug-likeness (QED) is 0.205. The Balaban J connectivity index is 1.43. The Morgan fingerprint density at radius 3 is 2.36 bits per heavy atom. The summed E-state index contributed by atoms with van der Waals surface area (Å²) in [5.74, 6) is -1.21. The number of hydrogen-bond donors (Lipinski definition) is 1. The summed E-state index contributed by atoms with van der Waals surface area (Å²) in [6.07, 6.45) is 1.65. The molecule has 4 rings (SSSR count). The summed E-state index contributed by atoms with van der Waals surface area (Å²) >= 11 is 5.02. The molecule has 0 aliphatic carbocycles. The molecule has 1 aliphatic rings. The van der Waals surface area contributed by atoms with Crippen molar-refractivity contribution in [2.75, 3.05) is 20.2 Å². The largest absolute Gasteiger partial charge is 0.469 e. The highest BCUT2D eigenvalue weighted by Crippen LogP contribution is 2.38. The lowest BCUT2D eigenvalue weighted by Crippen LogP contribution is -2.44. The first-order valence-electron chi connectivity index (χ1n) is 11.6. The highest BCUT2D eigenvalue weighted by atomic mass is 79.9. The number of hydrogen-bond acceptors (Lipinski definition) is 6. The van der Waals surface area contributed by atoms with Gasteiger partial charge in [0.05, 0.1) is 7.11 Å². The average Bonchev–Trinajstić information content (AvgIpc) is 2.88. The number of nitrogens with one attached hydrogen (secondary N) is 1. The molecular weight excluding hydrogens is 544 g/mol. The van der Waals surface area contributed by atoms with Crippen molar-refractivity contribution in [3.8, 4) is 0 Å². The van der Waals surface area contributed by atoms with Gasteiger partial charge in [0.1, 0.15) is 0 Å². The van der Waals surface area contributed by atoms with Gasteiger partial charge < -0.3 is 10.1 Å². The molecule has 3 aromatic rings. The minimum absolute atomic E-state index is 0.0801. The summed E-state index contributed by atoms with van der Waals surface area (Å²) in [6.45, 7) is 0.243. The van der Waals surface area contributed by atoms with Crippen molar-refractivity contribution in [1.82, 2.24) is 10.2 Å².